The molecule has 0 aromatic heterocycles. The van der Waals surface area contributed by atoms with Gasteiger partial charge in [-0.1, -0.05) is 23.7 Å². The summed E-state index contributed by atoms with van der Waals surface area (Å²) >= 11 is 5.85. The zero-order valence-electron chi connectivity index (χ0n) is 15.4. The van der Waals surface area contributed by atoms with E-state index in [1.165, 1.54) is 0 Å². The Morgan fingerprint density at radius 1 is 1.12 bits per heavy atom. The molecule has 2 aromatic rings. The second-order valence-corrected chi connectivity index (χ2v) is 6.46. The van der Waals surface area contributed by atoms with Gasteiger partial charge in [-0.2, -0.15) is 0 Å². The minimum Gasteiger partial charge on any atom is -0.497 e. The van der Waals surface area contributed by atoms with Crippen molar-refractivity contribution in [3.8, 4) is 11.5 Å². The van der Waals surface area contributed by atoms with Crippen LogP contribution in [0.1, 0.15) is 12.5 Å². The highest BCUT2D eigenvalue weighted by molar-refractivity contribution is 6.30. The van der Waals surface area contributed by atoms with E-state index < -0.39 is 0 Å². The van der Waals surface area contributed by atoms with Crippen LogP contribution in [-0.4, -0.2) is 44.2 Å². The monoisotopic (exact) mass is 376 g/mol. The van der Waals surface area contributed by atoms with Crippen LogP contribution in [0.4, 0.5) is 0 Å². The summed E-state index contributed by atoms with van der Waals surface area (Å²) in [6.45, 7) is 3.50. The van der Waals surface area contributed by atoms with Crippen molar-refractivity contribution < 1.29 is 14.3 Å². The number of carbonyl (C=O) groups excluding carboxylic acids is 1. The molecule has 0 radical (unpaired) electrons. The standard InChI is InChI=1S/C20H25ClN2O3/c1-15(20(24)22-14-16-4-8-18(25-3)9-5-16)23(2)12-13-26-19-10-6-17(21)7-11-19/h4-11,15H,12-14H2,1-3H3,(H,22,24)/t15-/m1/s1. The van der Waals surface area contributed by atoms with E-state index in [1.54, 1.807) is 19.2 Å². The number of halogens is 1. The number of likely N-dealkylation sites (N-methyl/N-ethyl adjacent to an activating group) is 1. The Morgan fingerprint density at radius 2 is 1.73 bits per heavy atom. The van der Waals surface area contributed by atoms with Crippen LogP contribution in [-0.2, 0) is 11.3 Å². The zero-order chi connectivity index (χ0) is 18.9. The fourth-order valence-corrected chi connectivity index (χ4v) is 2.44. The van der Waals surface area contributed by atoms with Crippen molar-refractivity contribution in [3.63, 3.8) is 0 Å². The maximum atomic E-state index is 12.3. The summed E-state index contributed by atoms with van der Waals surface area (Å²) in [5.41, 5.74) is 1.03. The van der Waals surface area contributed by atoms with Gasteiger partial charge in [0.05, 0.1) is 13.2 Å². The van der Waals surface area contributed by atoms with E-state index in [-0.39, 0.29) is 11.9 Å². The number of hydrogen-bond acceptors (Lipinski definition) is 4. The number of rotatable bonds is 9. The van der Waals surface area contributed by atoms with Crippen LogP contribution in [0, 0.1) is 0 Å². The quantitative estimate of drug-likeness (QED) is 0.729. The summed E-state index contributed by atoms with van der Waals surface area (Å²) in [4.78, 5) is 14.3. The van der Waals surface area contributed by atoms with Crippen molar-refractivity contribution in [2.24, 2.45) is 0 Å². The summed E-state index contributed by atoms with van der Waals surface area (Å²) in [7, 11) is 3.54. The van der Waals surface area contributed by atoms with Gasteiger partial charge < -0.3 is 14.8 Å². The molecule has 1 amide bonds. The van der Waals surface area contributed by atoms with Gasteiger partial charge in [-0.3, -0.25) is 9.69 Å². The van der Waals surface area contributed by atoms with E-state index in [0.29, 0.717) is 24.7 Å². The number of ether oxygens (including phenoxy) is 2. The zero-order valence-corrected chi connectivity index (χ0v) is 16.1. The van der Waals surface area contributed by atoms with E-state index >= 15 is 0 Å². The number of amides is 1. The van der Waals surface area contributed by atoms with Crippen molar-refractivity contribution in [3.05, 3.63) is 59.1 Å². The minimum atomic E-state index is -0.248. The lowest BCUT2D eigenvalue weighted by Crippen LogP contribution is -2.44. The number of benzene rings is 2. The van der Waals surface area contributed by atoms with E-state index in [1.807, 2.05) is 55.3 Å². The van der Waals surface area contributed by atoms with Gasteiger partial charge in [0.25, 0.3) is 0 Å². The molecule has 0 saturated heterocycles. The van der Waals surface area contributed by atoms with Gasteiger partial charge in [0.2, 0.25) is 5.91 Å². The first kappa shape index (κ1) is 20.1. The molecular formula is C20H25ClN2O3. The SMILES string of the molecule is COc1ccc(CNC(=O)[C@@H](C)N(C)CCOc2ccc(Cl)cc2)cc1. The molecule has 5 nitrogen and oxygen atoms in total. The molecule has 1 N–H and O–H groups in total. The average molecular weight is 377 g/mol. The van der Waals surface area contributed by atoms with Gasteiger partial charge >= 0.3 is 0 Å². The van der Waals surface area contributed by atoms with Crippen LogP contribution < -0.4 is 14.8 Å². The van der Waals surface area contributed by atoms with Gasteiger partial charge in [-0.05, 0) is 55.9 Å². The maximum absolute atomic E-state index is 12.3. The first-order valence-corrected chi connectivity index (χ1v) is 8.86. The predicted molar refractivity (Wildman–Crippen MR) is 104 cm³/mol. The highest BCUT2D eigenvalue weighted by Crippen LogP contribution is 2.15. The van der Waals surface area contributed by atoms with Gasteiger partial charge in [0.15, 0.2) is 0 Å². The van der Waals surface area contributed by atoms with Crippen LogP contribution in [0.15, 0.2) is 48.5 Å². The molecule has 2 aromatic carbocycles. The lowest BCUT2D eigenvalue weighted by atomic mass is 10.2. The molecule has 0 aliphatic heterocycles. The van der Waals surface area contributed by atoms with E-state index in [4.69, 9.17) is 21.1 Å². The van der Waals surface area contributed by atoms with Gasteiger partial charge in [0.1, 0.15) is 18.1 Å². The van der Waals surface area contributed by atoms with Crippen LogP contribution in [0.3, 0.4) is 0 Å². The van der Waals surface area contributed by atoms with Crippen LogP contribution in [0.2, 0.25) is 5.02 Å². The van der Waals surface area contributed by atoms with Gasteiger partial charge in [-0.15, -0.1) is 0 Å². The van der Waals surface area contributed by atoms with Crippen molar-refractivity contribution in [1.29, 1.82) is 0 Å². The second kappa shape index (κ2) is 10.0. The summed E-state index contributed by atoms with van der Waals surface area (Å²) < 4.78 is 10.8. The Labute approximate surface area is 159 Å². The molecule has 6 heteroatoms. The molecule has 1 atom stereocenters. The third-order valence-electron chi connectivity index (χ3n) is 4.19. The normalized spacial score (nSPS) is 11.9. The summed E-state index contributed by atoms with van der Waals surface area (Å²) in [6, 6.07) is 14.6. The molecule has 0 heterocycles. The Bertz CT molecular complexity index is 689. The minimum absolute atomic E-state index is 0.0187. The molecule has 0 bridgehead atoms. The highest BCUT2D eigenvalue weighted by Gasteiger charge is 2.17. The fraction of sp³-hybridized carbons (Fsp3) is 0.350. The third kappa shape index (κ3) is 6.24. The Morgan fingerprint density at radius 3 is 2.35 bits per heavy atom. The molecule has 0 unspecified atom stereocenters. The Kier molecular flexibility index (Phi) is 7.75. The largest absolute Gasteiger partial charge is 0.497 e. The van der Waals surface area contributed by atoms with E-state index in [2.05, 4.69) is 5.32 Å². The number of nitrogens with zero attached hydrogens (tertiary/aromatic N) is 1. The van der Waals surface area contributed by atoms with Gasteiger partial charge in [0, 0.05) is 18.1 Å². The maximum Gasteiger partial charge on any atom is 0.237 e. The van der Waals surface area contributed by atoms with Gasteiger partial charge in [-0.25, -0.2) is 0 Å². The number of methoxy groups -OCH3 is 1. The number of carbonyl (C=O) groups is 1. The molecule has 0 aliphatic rings. The topological polar surface area (TPSA) is 50.8 Å². The van der Waals surface area contributed by atoms with Crippen molar-refractivity contribution in [1.82, 2.24) is 10.2 Å². The molecule has 26 heavy (non-hydrogen) atoms. The number of nitrogens with one attached hydrogen (secondary N) is 1. The average Bonchev–Trinajstić information content (AvgIpc) is 2.67. The molecular weight excluding hydrogens is 352 g/mol. The number of hydrogen-bond donors (Lipinski definition) is 1. The fourth-order valence-electron chi connectivity index (χ4n) is 2.31. The van der Waals surface area contributed by atoms with E-state index in [0.717, 1.165) is 17.1 Å². The Hall–Kier alpha value is -2.24. The summed E-state index contributed by atoms with van der Waals surface area (Å²) in [5.74, 6) is 1.54. The summed E-state index contributed by atoms with van der Waals surface area (Å²) in [6.07, 6.45) is 0. The molecule has 2 rings (SSSR count). The van der Waals surface area contributed by atoms with Crippen molar-refractivity contribution in [2.45, 2.75) is 19.5 Å². The predicted octanol–water partition coefficient (Wildman–Crippen LogP) is 3.36. The lowest BCUT2D eigenvalue weighted by Gasteiger charge is -2.24. The molecule has 0 fully saturated rings. The second-order valence-electron chi connectivity index (χ2n) is 6.02. The molecule has 0 aliphatic carbocycles. The molecule has 140 valence electrons. The molecule has 0 saturated carbocycles. The Balaban J connectivity index is 1.72. The highest BCUT2D eigenvalue weighted by atomic mass is 35.5. The van der Waals surface area contributed by atoms with Crippen molar-refractivity contribution >= 4 is 17.5 Å². The smallest absolute Gasteiger partial charge is 0.237 e. The van der Waals surface area contributed by atoms with Crippen LogP contribution in [0.5, 0.6) is 11.5 Å². The third-order valence-corrected chi connectivity index (χ3v) is 4.44. The van der Waals surface area contributed by atoms with E-state index in [9.17, 15) is 4.79 Å². The van der Waals surface area contributed by atoms with Crippen LogP contribution >= 0.6 is 11.6 Å². The lowest BCUT2D eigenvalue weighted by molar-refractivity contribution is -0.125. The molecule has 0 spiro atoms. The van der Waals surface area contributed by atoms with Crippen LogP contribution in [0.25, 0.3) is 0 Å². The summed E-state index contributed by atoms with van der Waals surface area (Å²) in [5, 5.41) is 3.63. The first-order valence-electron chi connectivity index (χ1n) is 8.49. The first-order chi connectivity index (χ1) is 12.5. The van der Waals surface area contributed by atoms with Crippen molar-refractivity contribution in [2.75, 3.05) is 27.3 Å².